The summed E-state index contributed by atoms with van der Waals surface area (Å²) in [7, 11) is 1.37. The fraction of sp³-hybridized carbons (Fsp3) is 0.565. The number of carbonyl (C=O) groups is 3. The number of benzene rings is 1. The number of para-hydroxylation sites is 1. The van der Waals surface area contributed by atoms with E-state index in [2.05, 4.69) is 5.32 Å². The number of hydrogen-bond donors (Lipinski definition) is 1. The molecular formula is C23H29FN4O4S. The van der Waals surface area contributed by atoms with E-state index in [4.69, 9.17) is 17.0 Å². The van der Waals surface area contributed by atoms with Crippen molar-refractivity contribution in [3.05, 3.63) is 30.1 Å². The van der Waals surface area contributed by atoms with Crippen LogP contribution in [0, 0.1) is 17.7 Å². The molecule has 33 heavy (non-hydrogen) atoms. The quantitative estimate of drug-likeness (QED) is 0.510. The highest BCUT2D eigenvalue weighted by atomic mass is 32.1. The summed E-state index contributed by atoms with van der Waals surface area (Å²) in [5, 5.41) is 3.51. The van der Waals surface area contributed by atoms with Crippen molar-refractivity contribution < 1.29 is 23.5 Å². The lowest BCUT2D eigenvalue weighted by atomic mass is 9.76. The Morgan fingerprint density at radius 3 is 2.61 bits per heavy atom. The topological polar surface area (TPSA) is 82.2 Å². The Hall–Kier alpha value is -2.75. The van der Waals surface area contributed by atoms with E-state index in [1.165, 1.54) is 18.1 Å². The van der Waals surface area contributed by atoms with Gasteiger partial charge >= 0.3 is 5.97 Å². The summed E-state index contributed by atoms with van der Waals surface area (Å²) in [6.07, 6.45) is 1.88. The Labute approximate surface area is 198 Å². The number of amides is 2. The molecule has 0 aromatic heterocycles. The normalized spacial score (nSPS) is 25.4. The van der Waals surface area contributed by atoms with Crippen LogP contribution in [-0.4, -0.2) is 78.6 Å². The number of piperazine rings is 1. The smallest absolute Gasteiger partial charge is 0.308 e. The van der Waals surface area contributed by atoms with Gasteiger partial charge in [0.05, 0.1) is 24.6 Å². The van der Waals surface area contributed by atoms with E-state index in [0.29, 0.717) is 56.2 Å². The number of hydrogen-bond acceptors (Lipinski definition) is 6. The molecule has 8 nitrogen and oxygen atoms in total. The predicted octanol–water partition coefficient (Wildman–Crippen LogP) is 1.54. The average molecular weight is 477 g/mol. The van der Waals surface area contributed by atoms with Gasteiger partial charge in [0.2, 0.25) is 11.8 Å². The maximum Gasteiger partial charge on any atom is 0.308 e. The van der Waals surface area contributed by atoms with Crippen LogP contribution < -0.4 is 10.2 Å². The van der Waals surface area contributed by atoms with Crippen LogP contribution in [-0.2, 0) is 19.1 Å². The summed E-state index contributed by atoms with van der Waals surface area (Å²) in [4.78, 5) is 42.9. The van der Waals surface area contributed by atoms with Crippen LogP contribution in [0.2, 0.25) is 0 Å². The van der Waals surface area contributed by atoms with Crippen LogP contribution in [0.15, 0.2) is 24.3 Å². The van der Waals surface area contributed by atoms with Gasteiger partial charge in [-0.15, -0.1) is 0 Å². The summed E-state index contributed by atoms with van der Waals surface area (Å²) in [6.45, 7) is 2.34. The number of anilines is 1. The number of methoxy groups -OCH3 is 1. The first-order valence-corrected chi connectivity index (χ1v) is 11.8. The summed E-state index contributed by atoms with van der Waals surface area (Å²) >= 11 is 5.41. The van der Waals surface area contributed by atoms with Crippen molar-refractivity contribution in [3.8, 4) is 0 Å². The summed E-state index contributed by atoms with van der Waals surface area (Å²) < 4.78 is 18.9. The molecule has 0 bridgehead atoms. The van der Waals surface area contributed by atoms with Crippen LogP contribution >= 0.6 is 12.2 Å². The van der Waals surface area contributed by atoms with Gasteiger partial charge < -0.3 is 19.9 Å². The highest BCUT2D eigenvalue weighted by Crippen LogP contribution is 2.33. The molecule has 10 heteroatoms. The van der Waals surface area contributed by atoms with Crippen molar-refractivity contribution in [2.45, 2.75) is 31.7 Å². The van der Waals surface area contributed by atoms with E-state index in [1.807, 2.05) is 4.90 Å². The fourth-order valence-corrected chi connectivity index (χ4v) is 5.36. The fourth-order valence-electron chi connectivity index (χ4n) is 5.03. The van der Waals surface area contributed by atoms with E-state index < -0.39 is 0 Å². The van der Waals surface area contributed by atoms with Crippen molar-refractivity contribution in [1.82, 2.24) is 15.1 Å². The number of halogens is 1. The number of esters is 1. The minimum absolute atomic E-state index is 0.0460. The van der Waals surface area contributed by atoms with Crippen molar-refractivity contribution >= 4 is 40.8 Å². The monoisotopic (exact) mass is 476 g/mol. The summed E-state index contributed by atoms with van der Waals surface area (Å²) in [5.74, 6) is -1.12. The maximum atomic E-state index is 14.0. The average Bonchev–Trinajstić information content (AvgIpc) is 2.83. The molecule has 3 fully saturated rings. The first-order chi connectivity index (χ1) is 15.9. The minimum Gasteiger partial charge on any atom is -0.469 e. The molecule has 0 radical (unpaired) electrons. The van der Waals surface area contributed by atoms with E-state index in [0.717, 1.165) is 0 Å². The van der Waals surface area contributed by atoms with Crippen molar-refractivity contribution in [3.63, 3.8) is 0 Å². The molecule has 2 aliphatic heterocycles. The van der Waals surface area contributed by atoms with Crippen LogP contribution in [0.3, 0.4) is 0 Å². The number of thiocarbonyl (C=S) groups is 1. The highest BCUT2D eigenvalue weighted by Gasteiger charge is 2.44. The molecule has 4 rings (SSSR count). The van der Waals surface area contributed by atoms with Gasteiger partial charge in [0.1, 0.15) is 5.82 Å². The van der Waals surface area contributed by atoms with E-state index in [-0.39, 0.29) is 54.4 Å². The Balaban J connectivity index is 1.28. The number of nitrogens with zero attached hydrogens (tertiary/aromatic N) is 3. The highest BCUT2D eigenvalue weighted by molar-refractivity contribution is 7.80. The van der Waals surface area contributed by atoms with Crippen LogP contribution in [0.1, 0.15) is 25.7 Å². The zero-order chi connectivity index (χ0) is 23.5. The molecule has 178 valence electrons. The number of rotatable bonds is 5. The van der Waals surface area contributed by atoms with E-state index in [1.54, 1.807) is 23.1 Å². The molecular weight excluding hydrogens is 447 g/mol. The molecule has 2 amide bonds. The van der Waals surface area contributed by atoms with Gasteiger partial charge in [-0.3, -0.25) is 19.3 Å². The molecule has 3 atom stereocenters. The van der Waals surface area contributed by atoms with Crippen LogP contribution in [0.25, 0.3) is 0 Å². The van der Waals surface area contributed by atoms with E-state index in [9.17, 15) is 18.8 Å². The number of nitrogens with one attached hydrogen (secondary N) is 1. The van der Waals surface area contributed by atoms with E-state index >= 15 is 0 Å². The third kappa shape index (κ3) is 4.95. The number of ether oxygens (including phenoxy) is 1. The van der Waals surface area contributed by atoms with Gasteiger partial charge in [-0.05, 0) is 43.6 Å². The summed E-state index contributed by atoms with van der Waals surface area (Å²) in [6, 6.07) is 6.46. The SMILES string of the molecule is COC(=O)C1CCC2C(=O)N(CCC(=O)N3CCN(c4ccccc4F)CC3)C(=S)NC2C1. The molecule has 1 saturated carbocycles. The Morgan fingerprint density at radius 1 is 1.18 bits per heavy atom. The lowest BCUT2D eigenvalue weighted by Crippen LogP contribution is -2.62. The first-order valence-electron chi connectivity index (χ1n) is 11.4. The molecule has 1 aliphatic carbocycles. The predicted molar refractivity (Wildman–Crippen MR) is 124 cm³/mol. The molecule has 3 aliphatic rings. The largest absolute Gasteiger partial charge is 0.469 e. The lowest BCUT2D eigenvalue weighted by molar-refractivity contribution is -0.149. The molecule has 3 unspecified atom stereocenters. The number of fused-ring (bicyclic) bond motifs is 1. The standard InChI is InChI=1S/C23H29FN4O4S/c1-32-22(31)15-6-7-16-18(14-15)25-23(33)28(21(16)30)9-8-20(29)27-12-10-26(11-13-27)19-5-3-2-4-17(19)24/h2-5,15-16,18H,6-14H2,1H3,(H,25,33). The Kier molecular flexibility index (Phi) is 7.11. The third-order valence-corrected chi connectivity index (χ3v) is 7.24. The zero-order valence-corrected chi connectivity index (χ0v) is 19.5. The third-order valence-electron chi connectivity index (χ3n) is 6.90. The zero-order valence-electron chi connectivity index (χ0n) is 18.7. The molecule has 2 saturated heterocycles. The molecule has 1 aromatic carbocycles. The van der Waals surface area contributed by atoms with Gasteiger partial charge in [0.25, 0.3) is 0 Å². The van der Waals surface area contributed by atoms with Crippen molar-refractivity contribution in [2.24, 2.45) is 11.8 Å². The molecule has 1 N–H and O–H groups in total. The van der Waals surface area contributed by atoms with Crippen molar-refractivity contribution in [2.75, 3.05) is 44.7 Å². The van der Waals surface area contributed by atoms with Crippen LogP contribution in [0.4, 0.5) is 10.1 Å². The van der Waals surface area contributed by atoms with Crippen LogP contribution in [0.5, 0.6) is 0 Å². The Morgan fingerprint density at radius 2 is 1.91 bits per heavy atom. The molecule has 2 heterocycles. The first kappa shape index (κ1) is 23.4. The second-order valence-corrected chi connectivity index (χ2v) is 9.14. The van der Waals surface area contributed by atoms with Gasteiger partial charge in [-0.2, -0.15) is 0 Å². The van der Waals surface area contributed by atoms with Gasteiger partial charge in [-0.1, -0.05) is 12.1 Å². The number of carbonyl (C=O) groups excluding carboxylic acids is 3. The van der Waals surface area contributed by atoms with Gasteiger partial charge in [-0.25, -0.2) is 4.39 Å². The Bertz CT molecular complexity index is 937. The second-order valence-electron chi connectivity index (χ2n) is 8.75. The molecule has 1 aromatic rings. The lowest BCUT2D eigenvalue weighted by Gasteiger charge is -2.43. The second kappa shape index (κ2) is 10.0. The minimum atomic E-state index is -0.263. The van der Waals surface area contributed by atoms with Crippen molar-refractivity contribution in [1.29, 1.82) is 0 Å². The summed E-state index contributed by atoms with van der Waals surface area (Å²) in [5.41, 5.74) is 0.552. The maximum absolute atomic E-state index is 14.0. The molecule has 0 spiro atoms. The van der Waals surface area contributed by atoms with Gasteiger partial charge in [0.15, 0.2) is 5.11 Å². The van der Waals surface area contributed by atoms with Gasteiger partial charge in [0, 0.05) is 45.2 Å².